The first-order chi connectivity index (χ1) is 9.50. The minimum absolute atomic E-state index is 0.119. The van der Waals surface area contributed by atoms with Crippen molar-refractivity contribution >= 4 is 10.0 Å². The van der Waals surface area contributed by atoms with Crippen molar-refractivity contribution in [2.45, 2.75) is 43.7 Å². The number of aliphatic hydroxyl groups is 1. The van der Waals surface area contributed by atoms with Crippen LogP contribution in [-0.2, 0) is 16.6 Å². The van der Waals surface area contributed by atoms with Crippen LogP contribution in [-0.4, -0.2) is 37.5 Å². The quantitative estimate of drug-likeness (QED) is 0.833. The van der Waals surface area contributed by atoms with Gasteiger partial charge in [0.25, 0.3) is 0 Å². The van der Waals surface area contributed by atoms with Crippen LogP contribution >= 0.6 is 0 Å². The number of hydrogen-bond donors (Lipinski definition) is 1. The SMILES string of the molecule is CCCOc1ccc(S(=O)(=O)N(C)C2CC2)cc1CO. The average molecular weight is 299 g/mol. The number of rotatable bonds is 7. The Morgan fingerprint density at radius 2 is 2.10 bits per heavy atom. The Kier molecular flexibility index (Phi) is 4.67. The molecule has 0 saturated heterocycles. The summed E-state index contributed by atoms with van der Waals surface area (Å²) in [5.41, 5.74) is 0.503. The van der Waals surface area contributed by atoms with Crippen LogP contribution in [0.1, 0.15) is 31.7 Å². The van der Waals surface area contributed by atoms with Crippen LogP contribution in [0.15, 0.2) is 23.1 Å². The zero-order valence-electron chi connectivity index (χ0n) is 11.9. The molecule has 1 aliphatic carbocycles. The van der Waals surface area contributed by atoms with Crippen molar-refractivity contribution in [3.8, 4) is 5.75 Å². The molecule has 112 valence electrons. The molecule has 1 aliphatic rings. The van der Waals surface area contributed by atoms with E-state index in [0.29, 0.717) is 17.9 Å². The molecule has 0 atom stereocenters. The molecule has 0 aliphatic heterocycles. The van der Waals surface area contributed by atoms with Gasteiger partial charge in [-0.15, -0.1) is 0 Å². The Bertz CT molecular complexity index is 567. The van der Waals surface area contributed by atoms with Crippen LogP contribution in [0.25, 0.3) is 0 Å². The molecule has 0 amide bonds. The van der Waals surface area contributed by atoms with Gasteiger partial charge in [-0.25, -0.2) is 8.42 Å². The molecular weight excluding hydrogens is 278 g/mol. The first-order valence-electron chi connectivity index (χ1n) is 6.85. The number of aliphatic hydroxyl groups excluding tert-OH is 1. The van der Waals surface area contributed by atoms with Crippen molar-refractivity contribution in [2.75, 3.05) is 13.7 Å². The van der Waals surface area contributed by atoms with Gasteiger partial charge in [0.1, 0.15) is 5.75 Å². The lowest BCUT2D eigenvalue weighted by molar-refractivity contribution is 0.262. The predicted molar refractivity (Wildman–Crippen MR) is 76.1 cm³/mol. The van der Waals surface area contributed by atoms with Gasteiger partial charge < -0.3 is 9.84 Å². The maximum Gasteiger partial charge on any atom is 0.243 e. The van der Waals surface area contributed by atoms with Crippen molar-refractivity contribution < 1.29 is 18.3 Å². The van der Waals surface area contributed by atoms with Gasteiger partial charge in [0.15, 0.2) is 0 Å². The van der Waals surface area contributed by atoms with E-state index in [1.165, 1.54) is 10.4 Å². The van der Waals surface area contributed by atoms with E-state index in [0.717, 1.165) is 19.3 Å². The minimum atomic E-state index is -3.48. The third-order valence-electron chi connectivity index (χ3n) is 3.40. The van der Waals surface area contributed by atoms with Crippen LogP contribution in [0.4, 0.5) is 0 Å². The van der Waals surface area contributed by atoms with Gasteiger partial charge in [0.05, 0.1) is 18.1 Å². The molecule has 1 fully saturated rings. The highest BCUT2D eigenvalue weighted by atomic mass is 32.2. The van der Waals surface area contributed by atoms with E-state index >= 15 is 0 Å². The van der Waals surface area contributed by atoms with E-state index in [-0.39, 0.29) is 17.5 Å². The van der Waals surface area contributed by atoms with Crippen LogP contribution in [0, 0.1) is 0 Å². The highest BCUT2D eigenvalue weighted by Crippen LogP contribution is 2.32. The van der Waals surface area contributed by atoms with Gasteiger partial charge in [-0.05, 0) is 37.5 Å². The normalized spacial score (nSPS) is 15.6. The zero-order chi connectivity index (χ0) is 14.8. The first kappa shape index (κ1) is 15.3. The summed E-state index contributed by atoms with van der Waals surface area (Å²) in [4.78, 5) is 0.208. The average Bonchev–Trinajstić information content (AvgIpc) is 3.28. The largest absolute Gasteiger partial charge is 0.493 e. The fourth-order valence-electron chi connectivity index (χ4n) is 1.99. The Morgan fingerprint density at radius 1 is 1.40 bits per heavy atom. The van der Waals surface area contributed by atoms with Gasteiger partial charge in [0, 0.05) is 18.7 Å². The molecule has 1 saturated carbocycles. The maximum absolute atomic E-state index is 12.4. The molecule has 0 unspecified atom stereocenters. The van der Waals surface area contributed by atoms with E-state index in [1.54, 1.807) is 19.2 Å². The molecule has 6 heteroatoms. The third-order valence-corrected chi connectivity index (χ3v) is 5.31. The highest BCUT2D eigenvalue weighted by molar-refractivity contribution is 7.89. The van der Waals surface area contributed by atoms with Gasteiger partial charge in [-0.2, -0.15) is 4.31 Å². The molecule has 0 spiro atoms. The molecule has 0 bridgehead atoms. The molecule has 1 N–H and O–H groups in total. The molecule has 5 nitrogen and oxygen atoms in total. The molecule has 1 aromatic carbocycles. The van der Waals surface area contributed by atoms with E-state index in [9.17, 15) is 13.5 Å². The Labute approximate surface area is 120 Å². The molecule has 0 radical (unpaired) electrons. The van der Waals surface area contributed by atoms with E-state index in [1.807, 2.05) is 6.92 Å². The summed E-state index contributed by atoms with van der Waals surface area (Å²) in [6.07, 6.45) is 2.69. The smallest absolute Gasteiger partial charge is 0.243 e. The van der Waals surface area contributed by atoms with Crippen molar-refractivity contribution in [3.05, 3.63) is 23.8 Å². The Morgan fingerprint density at radius 3 is 2.65 bits per heavy atom. The van der Waals surface area contributed by atoms with Crippen molar-refractivity contribution in [3.63, 3.8) is 0 Å². The summed E-state index contributed by atoms with van der Waals surface area (Å²) in [5, 5.41) is 9.38. The fraction of sp³-hybridized carbons (Fsp3) is 0.571. The Balaban J connectivity index is 2.28. The fourth-order valence-corrected chi connectivity index (χ4v) is 3.46. The second-order valence-corrected chi connectivity index (χ2v) is 7.03. The second kappa shape index (κ2) is 6.11. The summed E-state index contributed by atoms with van der Waals surface area (Å²) < 4.78 is 31.7. The van der Waals surface area contributed by atoms with Gasteiger partial charge >= 0.3 is 0 Å². The van der Waals surface area contributed by atoms with Crippen LogP contribution < -0.4 is 4.74 Å². The summed E-state index contributed by atoms with van der Waals surface area (Å²) in [6, 6.07) is 4.78. The molecule has 2 rings (SSSR count). The summed E-state index contributed by atoms with van der Waals surface area (Å²) in [5.74, 6) is 0.544. The lowest BCUT2D eigenvalue weighted by Gasteiger charge is -2.18. The zero-order valence-corrected chi connectivity index (χ0v) is 12.7. The summed E-state index contributed by atoms with van der Waals surface area (Å²) in [7, 11) is -1.87. The number of benzene rings is 1. The van der Waals surface area contributed by atoms with E-state index < -0.39 is 10.0 Å². The third kappa shape index (κ3) is 3.13. The summed E-state index contributed by atoms with van der Waals surface area (Å²) >= 11 is 0. The summed E-state index contributed by atoms with van der Waals surface area (Å²) in [6.45, 7) is 2.29. The van der Waals surface area contributed by atoms with Gasteiger partial charge in [-0.1, -0.05) is 6.92 Å². The molecule has 1 aromatic rings. The number of ether oxygens (including phenoxy) is 1. The predicted octanol–water partition coefficient (Wildman–Crippen LogP) is 1.75. The second-order valence-electron chi connectivity index (χ2n) is 5.03. The first-order valence-corrected chi connectivity index (χ1v) is 8.29. The lowest BCUT2D eigenvalue weighted by Crippen LogP contribution is -2.29. The molecule has 0 heterocycles. The number of sulfonamides is 1. The van der Waals surface area contributed by atoms with E-state index in [2.05, 4.69) is 0 Å². The van der Waals surface area contributed by atoms with Gasteiger partial charge in [0.2, 0.25) is 10.0 Å². The molecular formula is C14H21NO4S. The molecule has 0 aromatic heterocycles. The van der Waals surface area contributed by atoms with Crippen LogP contribution in [0.2, 0.25) is 0 Å². The lowest BCUT2D eigenvalue weighted by atomic mass is 10.2. The monoisotopic (exact) mass is 299 g/mol. The standard InChI is InChI=1S/C14H21NO4S/c1-3-8-19-14-7-6-13(9-11(14)10-16)20(17,18)15(2)12-4-5-12/h6-7,9,12,16H,3-5,8,10H2,1-2H3. The number of hydrogen-bond acceptors (Lipinski definition) is 4. The number of nitrogens with zero attached hydrogens (tertiary/aromatic N) is 1. The van der Waals surface area contributed by atoms with E-state index in [4.69, 9.17) is 4.74 Å². The molecule has 20 heavy (non-hydrogen) atoms. The maximum atomic E-state index is 12.4. The van der Waals surface area contributed by atoms with Crippen molar-refractivity contribution in [2.24, 2.45) is 0 Å². The topological polar surface area (TPSA) is 66.8 Å². The van der Waals surface area contributed by atoms with Crippen LogP contribution in [0.5, 0.6) is 5.75 Å². The van der Waals surface area contributed by atoms with Crippen LogP contribution in [0.3, 0.4) is 0 Å². The van der Waals surface area contributed by atoms with Gasteiger partial charge in [-0.3, -0.25) is 0 Å². The Hall–Kier alpha value is -1.11. The minimum Gasteiger partial charge on any atom is -0.493 e. The highest BCUT2D eigenvalue weighted by Gasteiger charge is 2.35. The van der Waals surface area contributed by atoms with Crippen molar-refractivity contribution in [1.29, 1.82) is 0 Å². The van der Waals surface area contributed by atoms with Crippen molar-refractivity contribution in [1.82, 2.24) is 4.31 Å².